The Morgan fingerprint density at radius 2 is 2.44 bits per heavy atom. The van der Waals surface area contributed by atoms with Crippen LogP contribution in [0.1, 0.15) is 36.0 Å². The van der Waals surface area contributed by atoms with Crippen molar-refractivity contribution in [3.8, 4) is 0 Å². The Morgan fingerprint density at radius 3 is 3.17 bits per heavy atom. The Hall–Kier alpha value is -0.970. The number of hydrogen-bond acceptors (Lipinski definition) is 2. The van der Waals surface area contributed by atoms with E-state index in [0.29, 0.717) is 0 Å². The molecule has 0 bridgehead atoms. The number of carbonyl (C=O) groups is 1. The summed E-state index contributed by atoms with van der Waals surface area (Å²) in [6.45, 7) is 0.730. The summed E-state index contributed by atoms with van der Waals surface area (Å²) in [6, 6.07) is 1.71. The van der Waals surface area contributed by atoms with Crippen LogP contribution in [0, 0.1) is 5.82 Å². The summed E-state index contributed by atoms with van der Waals surface area (Å²) < 4.78 is 13.6. The van der Waals surface area contributed by atoms with Gasteiger partial charge in [0.2, 0.25) is 0 Å². The highest BCUT2D eigenvalue weighted by atomic mass is 79.9. The summed E-state index contributed by atoms with van der Waals surface area (Å²) in [5, 5.41) is 0.940. The summed E-state index contributed by atoms with van der Waals surface area (Å²) >= 11 is 3.40. The molecule has 1 unspecified atom stereocenters. The number of hydrogen-bond donors (Lipinski definition) is 0. The number of aromatic nitrogens is 1. The molecule has 0 saturated carbocycles. The van der Waals surface area contributed by atoms with Crippen molar-refractivity contribution in [2.45, 2.75) is 31.7 Å². The smallest absolute Gasteiger partial charge is 0.257 e. The molecule has 3 nitrogen and oxygen atoms in total. The van der Waals surface area contributed by atoms with Gasteiger partial charge in [-0.3, -0.25) is 9.78 Å². The number of likely N-dealkylation sites (tertiary alicyclic amines) is 1. The maximum Gasteiger partial charge on any atom is 0.257 e. The quantitative estimate of drug-likeness (QED) is 0.800. The summed E-state index contributed by atoms with van der Waals surface area (Å²) in [6.07, 6.45) is 6.59. The summed E-state index contributed by atoms with van der Waals surface area (Å²) in [7, 11) is 0. The molecule has 1 aliphatic rings. The molecule has 2 heterocycles. The predicted molar refractivity (Wildman–Crippen MR) is 71.3 cm³/mol. The number of nitrogens with zero attached hydrogens (tertiary/aromatic N) is 2. The second kappa shape index (κ2) is 6.27. The third kappa shape index (κ3) is 2.88. The average Bonchev–Trinajstić information content (AvgIpc) is 2.84. The Bertz CT molecular complexity index is 427. The molecule has 98 valence electrons. The minimum Gasteiger partial charge on any atom is -0.336 e. The second-order valence-electron chi connectivity index (χ2n) is 4.48. The lowest BCUT2D eigenvalue weighted by Gasteiger charge is -2.24. The van der Waals surface area contributed by atoms with E-state index in [4.69, 9.17) is 0 Å². The van der Waals surface area contributed by atoms with Crippen molar-refractivity contribution >= 4 is 21.8 Å². The molecule has 0 aliphatic carbocycles. The van der Waals surface area contributed by atoms with Crippen LogP contribution in [0.25, 0.3) is 0 Å². The monoisotopic (exact) mass is 314 g/mol. The first-order valence-electron chi connectivity index (χ1n) is 6.20. The van der Waals surface area contributed by atoms with Crippen molar-refractivity contribution in [3.05, 3.63) is 29.8 Å². The van der Waals surface area contributed by atoms with Crippen molar-refractivity contribution in [1.29, 1.82) is 0 Å². The van der Waals surface area contributed by atoms with Crippen LogP contribution in [0.2, 0.25) is 0 Å². The fourth-order valence-corrected chi connectivity index (χ4v) is 2.74. The molecule has 1 amide bonds. The van der Waals surface area contributed by atoms with Gasteiger partial charge in [0.05, 0.1) is 11.8 Å². The lowest BCUT2D eigenvalue weighted by Crippen LogP contribution is -2.36. The third-order valence-corrected chi connectivity index (χ3v) is 3.87. The van der Waals surface area contributed by atoms with Crippen LogP contribution in [-0.2, 0) is 0 Å². The van der Waals surface area contributed by atoms with Gasteiger partial charge in [-0.15, -0.1) is 0 Å². The van der Waals surface area contributed by atoms with Crippen LogP contribution >= 0.6 is 15.9 Å². The fraction of sp³-hybridized carbons (Fsp3) is 0.538. The van der Waals surface area contributed by atoms with Crippen molar-refractivity contribution in [1.82, 2.24) is 9.88 Å². The van der Waals surface area contributed by atoms with Gasteiger partial charge in [-0.05, 0) is 31.7 Å². The van der Waals surface area contributed by atoms with Gasteiger partial charge in [0.25, 0.3) is 5.91 Å². The van der Waals surface area contributed by atoms with E-state index >= 15 is 0 Å². The number of amides is 1. The zero-order chi connectivity index (χ0) is 13.0. The van der Waals surface area contributed by atoms with Crippen LogP contribution < -0.4 is 0 Å². The summed E-state index contributed by atoms with van der Waals surface area (Å²) in [5.74, 6) is -0.736. The molecule has 0 aromatic carbocycles. The molecule has 1 aromatic heterocycles. The number of alkyl halides is 1. The molecule has 1 aromatic rings. The molecule has 18 heavy (non-hydrogen) atoms. The van der Waals surface area contributed by atoms with Crippen molar-refractivity contribution in [2.24, 2.45) is 0 Å². The zero-order valence-electron chi connectivity index (χ0n) is 10.1. The molecule has 1 fully saturated rings. The van der Waals surface area contributed by atoms with Gasteiger partial charge < -0.3 is 4.90 Å². The highest BCUT2D eigenvalue weighted by molar-refractivity contribution is 9.09. The summed E-state index contributed by atoms with van der Waals surface area (Å²) in [4.78, 5) is 17.8. The minimum atomic E-state index is -0.534. The van der Waals surface area contributed by atoms with E-state index in [1.54, 1.807) is 4.90 Å². The highest BCUT2D eigenvalue weighted by Crippen LogP contribution is 2.24. The molecule has 1 aliphatic heterocycles. The van der Waals surface area contributed by atoms with Gasteiger partial charge in [-0.2, -0.15) is 0 Å². The number of halogens is 2. The van der Waals surface area contributed by atoms with Crippen molar-refractivity contribution < 1.29 is 9.18 Å². The molecular formula is C13H16BrFN2O. The van der Waals surface area contributed by atoms with Crippen LogP contribution in [0.4, 0.5) is 4.39 Å². The Morgan fingerprint density at radius 1 is 1.61 bits per heavy atom. The van der Waals surface area contributed by atoms with Gasteiger partial charge in [0.15, 0.2) is 5.82 Å². The molecule has 0 spiro atoms. The number of rotatable bonds is 4. The van der Waals surface area contributed by atoms with Gasteiger partial charge in [0, 0.05) is 24.1 Å². The molecule has 1 atom stereocenters. The molecule has 2 rings (SSSR count). The fourth-order valence-electron chi connectivity index (χ4n) is 2.42. The van der Waals surface area contributed by atoms with Gasteiger partial charge in [-0.1, -0.05) is 15.9 Å². The minimum absolute atomic E-state index is 0.135. The first-order chi connectivity index (χ1) is 8.74. The molecular weight excluding hydrogens is 299 g/mol. The SMILES string of the molecule is O=C(c1ccncc1F)N1CCCC1CCCBr. The van der Waals surface area contributed by atoms with E-state index in [0.717, 1.165) is 43.8 Å². The Labute approximate surface area is 115 Å². The topological polar surface area (TPSA) is 33.2 Å². The second-order valence-corrected chi connectivity index (χ2v) is 5.27. The van der Waals surface area contributed by atoms with Crippen molar-refractivity contribution in [3.63, 3.8) is 0 Å². The van der Waals surface area contributed by atoms with Gasteiger partial charge in [0.1, 0.15) is 0 Å². The van der Waals surface area contributed by atoms with E-state index in [2.05, 4.69) is 20.9 Å². The van der Waals surface area contributed by atoms with Crippen LogP contribution in [0.3, 0.4) is 0 Å². The average molecular weight is 315 g/mol. The lowest BCUT2D eigenvalue weighted by atomic mass is 10.1. The number of carbonyl (C=O) groups excluding carboxylic acids is 1. The van der Waals surface area contributed by atoms with E-state index < -0.39 is 5.82 Å². The first kappa shape index (κ1) is 13.5. The normalized spacial score (nSPS) is 19.2. The summed E-state index contributed by atoms with van der Waals surface area (Å²) in [5.41, 5.74) is 0.135. The lowest BCUT2D eigenvalue weighted by molar-refractivity contribution is 0.0725. The Balaban J connectivity index is 2.10. The molecule has 1 saturated heterocycles. The van der Waals surface area contributed by atoms with Crippen LogP contribution in [0.5, 0.6) is 0 Å². The molecule has 5 heteroatoms. The highest BCUT2D eigenvalue weighted by Gasteiger charge is 2.30. The molecule has 0 N–H and O–H groups in total. The standard InChI is InChI=1S/C13H16BrFN2O/c14-6-1-3-10-4-2-8-17(10)13(18)11-5-7-16-9-12(11)15/h5,7,9-10H,1-4,6,8H2. The predicted octanol–water partition coefficient (Wildman–Crippen LogP) is 3.00. The van der Waals surface area contributed by atoms with E-state index in [9.17, 15) is 9.18 Å². The maximum atomic E-state index is 13.6. The first-order valence-corrected chi connectivity index (χ1v) is 7.32. The maximum absolute atomic E-state index is 13.6. The van der Waals surface area contributed by atoms with Gasteiger partial charge >= 0.3 is 0 Å². The largest absolute Gasteiger partial charge is 0.336 e. The Kier molecular flexibility index (Phi) is 4.69. The number of pyridine rings is 1. The van der Waals surface area contributed by atoms with Crippen molar-refractivity contribution in [2.75, 3.05) is 11.9 Å². The van der Waals surface area contributed by atoms with E-state index in [1.807, 2.05) is 0 Å². The van der Waals surface area contributed by atoms with Crippen LogP contribution in [0.15, 0.2) is 18.5 Å². The zero-order valence-corrected chi connectivity index (χ0v) is 11.7. The van der Waals surface area contributed by atoms with E-state index in [-0.39, 0.29) is 17.5 Å². The van der Waals surface area contributed by atoms with Gasteiger partial charge in [-0.25, -0.2) is 4.39 Å². The van der Waals surface area contributed by atoms with E-state index in [1.165, 1.54) is 12.3 Å². The van der Waals surface area contributed by atoms with Crippen LogP contribution in [-0.4, -0.2) is 33.7 Å². The third-order valence-electron chi connectivity index (χ3n) is 3.31. The molecule has 0 radical (unpaired) electrons.